The smallest absolute Gasteiger partial charge is 0.307 e. The summed E-state index contributed by atoms with van der Waals surface area (Å²) in [6.07, 6.45) is 0. The molecule has 2 heterocycles. The highest BCUT2D eigenvalue weighted by Gasteiger charge is 2.24. The Hall–Kier alpha value is -4.40. The molecule has 0 atom stereocenters. The normalized spacial score (nSPS) is 11.3. The average Bonchev–Trinajstić information content (AvgIpc) is 3.54. The zero-order valence-corrected chi connectivity index (χ0v) is 20.4. The molecule has 0 aliphatic heterocycles. The summed E-state index contributed by atoms with van der Waals surface area (Å²) in [6, 6.07) is 28.6. The van der Waals surface area contributed by atoms with Crippen molar-refractivity contribution in [2.24, 2.45) is 5.10 Å². The number of thiophene rings is 1. The first-order valence-electron chi connectivity index (χ1n) is 11.0. The molecule has 5 aromatic rings. The zero-order chi connectivity index (χ0) is 24.9. The number of carbonyl (C=O) groups is 1. The molecule has 0 aliphatic rings. The van der Waals surface area contributed by atoms with Crippen molar-refractivity contribution in [1.29, 1.82) is 0 Å². The van der Waals surface area contributed by atoms with Crippen molar-refractivity contribution in [3.05, 3.63) is 129 Å². The molecule has 2 amide bonds. The minimum atomic E-state index is -0.544. The second-order valence-corrected chi connectivity index (χ2v) is 9.10. The molecule has 5 rings (SSSR count). The molecular formula is C27H20ClN5O2S. The quantitative estimate of drug-likeness (QED) is 0.188. The van der Waals surface area contributed by atoms with Gasteiger partial charge in [0.05, 0.1) is 21.8 Å². The molecule has 0 bridgehead atoms. The van der Waals surface area contributed by atoms with Crippen LogP contribution in [0.4, 0.5) is 10.5 Å². The highest BCUT2D eigenvalue weighted by Crippen LogP contribution is 2.28. The number of nitrogens with one attached hydrogen (secondary N) is 3. The van der Waals surface area contributed by atoms with Crippen molar-refractivity contribution in [2.45, 2.75) is 0 Å². The van der Waals surface area contributed by atoms with E-state index in [9.17, 15) is 9.59 Å². The van der Waals surface area contributed by atoms with Gasteiger partial charge in [0.2, 0.25) is 0 Å². The fourth-order valence-electron chi connectivity index (χ4n) is 3.70. The standard InChI is InChI=1S/C27H20ClN5O2S/c28-19-10-7-9-18(17-19)24(30-31-27(35)29-20-11-3-1-4-12-20)23-25(22-15-8-16-36-22)32-33(26(23)34)21-13-5-2-6-14-21/h1-17,32H,(H2,29,31,35)/b30-24+. The van der Waals surface area contributed by atoms with E-state index in [1.165, 1.54) is 16.0 Å². The number of amides is 2. The highest BCUT2D eigenvalue weighted by molar-refractivity contribution is 7.13. The molecule has 0 spiro atoms. The Morgan fingerprint density at radius 2 is 1.67 bits per heavy atom. The van der Waals surface area contributed by atoms with Gasteiger partial charge in [0.15, 0.2) is 0 Å². The molecular weight excluding hydrogens is 494 g/mol. The van der Waals surface area contributed by atoms with Gasteiger partial charge in [0.1, 0.15) is 5.71 Å². The van der Waals surface area contributed by atoms with Crippen LogP contribution in [0.2, 0.25) is 5.02 Å². The lowest BCUT2D eigenvalue weighted by Crippen LogP contribution is -2.28. The number of para-hydroxylation sites is 2. The van der Waals surface area contributed by atoms with Crippen LogP contribution in [0.3, 0.4) is 0 Å². The first-order chi connectivity index (χ1) is 17.6. The van der Waals surface area contributed by atoms with Gasteiger partial charge in [-0.1, -0.05) is 66.2 Å². The number of rotatable bonds is 6. The number of urea groups is 1. The summed E-state index contributed by atoms with van der Waals surface area (Å²) in [7, 11) is 0. The lowest BCUT2D eigenvalue weighted by Gasteiger charge is -2.09. The third-order valence-corrected chi connectivity index (χ3v) is 6.43. The number of nitrogens with zero attached hydrogens (tertiary/aromatic N) is 2. The van der Waals surface area contributed by atoms with Gasteiger partial charge in [-0.15, -0.1) is 11.3 Å². The van der Waals surface area contributed by atoms with Crippen LogP contribution >= 0.6 is 22.9 Å². The SMILES string of the molecule is O=C(N/N=C(\c1cccc(Cl)c1)c1c(-c2cccs2)[nH]n(-c2ccccc2)c1=O)Nc1ccccc1. The van der Waals surface area contributed by atoms with Crippen LogP contribution in [0.1, 0.15) is 11.1 Å². The molecule has 0 saturated heterocycles. The molecule has 36 heavy (non-hydrogen) atoms. The number of aromatic nitrogens is 2. The number of hydrazone groups is 1. The van der Waals surface area contributed by atoms with Gasteiger partial charge in [-0.2, -0.15) is 5.10 Å². The lowest BCUT2D eigenvalue weighted by molar-refractivity contribution is 0.252. The maximum atomic E-state index is 13.8. The van der Waals surface area contributed by atoms with Crippen molar-refractivity contribution in [3.8, 4) is 16.3 Å². The number of aromatic amines is 1. The molecule has 0 fully saturated rings. The van der Waals surface area contributed by atoms with Gasteiger partial charge in [-0.3, -0.25) is 9.89 Å². The van der Waals surface area contributed by atoms with E-state index in [4.69, 9.17) is 11.6 Å². The Labute approximate surface area is 215 Å². The summed E-state index contributed by atoms with van der Waals surface area (Å²) >= 11 is 7.77. The van der Waals surface area contributed by atoms with Crippen molar-refractivity contribution < 1.29 is 4.79 Å². The van der Waals surface area contributed by atoms with E-state index in [-0.39, 0.29) is 11.3 Å². The Morgan fingerprint density at radius 1 is 0.917 bits per heavy atom. The molecule has 0 saturated carbocycles. The van der Waals surface area contributed by atoms with Gasteiger partial charge in [-0.05, 0) is 47.8 Å². The first-order valence-corrected chi connectivity index (χ1v) is 12.3. The summed E-state index contributed by atoms with van der Waals surface area (Å²) in [6.45, 7) is 0. The fourth-order valence-corrected chi connectivity index (χ4v) is 4.62. The van der Waals surface area contributed by atoms with Gasteiger partial charge in [0, 0.05) is 16.3 Å². The zero-order valence-electron chi connectivity index (χ0n) is 18.8. The first kappa shape index (κ1) is 23.3. The predicted octanol–water partition coefficient (Wildman–Crippen LogP) is 6.12. The minimum absolute atomic E-state index is 0.278. The third-order valence-electron chi connectivity index (χ3n) is 5.31. The van der Waals surface area contributed by atoms with E-state index in [1.807, 2.05) is 66.0 Å². The molecule has 0 radical (unpaired) electrons. The average molecular weight is 514 g/mol. The number of carbonyl (C=O) groups excluding carboxylic acids is 1. The monoisotopic (exact) mass is 513 g/mol. The number of hydrogen-bond acceptors (Lipinski definition) is 4. The van der Waals surface area contributed by atoms with Crippen LogP contribution in [0.25, 0.3) is 16.3 Å². The van der Waals surface area contributed by atoms with Crippen molar-refractivity contribution >= 4 is 40.4 Å². The minimum Gasteiger partial charge on any atom is -0.307 e. The maximum Gasteiger partial charge on any atom is 0.339 e. The molecule has 3 N–H and O–H groups in total. The van der Waals surface area contributed by atoms with Crippen molar-refractivity contribution in [1.82, 2.24) is 15.2 Å². The molecule has 0 unspecified atom stereocenters. The molecule has 0 aliphatic carbocycles. The van der Waals surface area contributed by atoms with E-state index in [2.05, 4.69) is 20.9 Å². The highest BCUT2D eigenvalue weighted by atomic mass is 35.5. The number of hydrogen-bond donors (Lipinski definition) is 3. The van der Waals surface area contributed by atoms with Crippen LogP contribution in [0, 0.1) is 0 Å². The summed E-state index contributed by atoms with van der Waals surface area (Å²) in [4.78, 5) is 27.3. The number of benzene rings is 3. The Kier molecular flexibility index (Phi) is 6.79. The third kappa shape index (κ3) is 5.00. The topological polar surface area (TPSA) is 91.3 Å². The van der Waals surface area contributed by atoms with E-state index in [0.29, 0.717) is 33.2 Å². The van der Waals surface area contributed by atoms with Crippen LogP contribution in [-0.2, 0) is 0 Å². The van der Waals surface area contributed by atoms with Gasteiger partial charge in [0.25, 0.3) is 5.56 Å². The largest absolute Gasteiger partial charge is 0.339 e. The molecule has 2 aromatic heterocycles. The van der Waals surface area contributed by atoms with E-state index < -0.39 is 6.03 Å². The summed E-state index contributed by atoms with van der Waals surface area (Å²) < 4.78 is 1.47. The van der Waals surface area contributed by atoms with E-state index in [1.54, 1.807) is 36.4 Å². The molecule has 178 valence electrons. The van der Waals surface area contributed by atoms with Gasteiger partial charge >= 0.3 is 6.03 Å². The van der Waals surface area contributed by atoms with Crippen molar-refractivity contribution in [2.75, 3.05) is 5.32 Å². The van der Waals surface area contributed by atoms with E-state index >= 15 is 0 Å². The van der Waals surface area contributed by atoms with Crippen LogP contribution in [-0.4, -0.2) is 21.5 Å². The van der Waals surface area contributed by atoms with Crippen LogP contribution in [0.5, 0.6) is 0 Å². The number of H-pyrrole nitrogens is 1. The Morgan fingerprint density at radius 3 is 2.36 bits per heavy atom. The number of halogens is 1. The predicted molar refractivity (Wildman–Crippen MR) is 145 cm³/mol. The summed E-state index contributed by atoms with van der Waals surface area (Å²) in [5, 5.41) is 12.8. The second kappa shape index (κ2) is 10.5. The molecule has 9 heteroatoms. The molecule has 3 aromatic carbocycles. The van der Waals surface area contributed by atoms with E-state index in [0.717, 1.165) is 4.88 Å². The fraction of sp³-hybridized carbons (Fsp3) is 0. The van der Waals surface area contributed by atoms with Crippen LogP contribution in [0.15, 0.2) is 112 Å². The second-order valence-electron chi connectivity index (χ2n) is 7.72. The van der Waals surface area contributed by atoms with Gasteiger partial charge < -0.3 is 5.32 Å². The van der Waals surface area contributed by atoms with Crippen molar-refractivity contribution in [3.63, 3.8) is 0 Å². The summed E-state index contributed by atoms with van der Waals surface area (Å²) in [5.41, 5.74) is 5.26. The Balaban J connectivity index is 1.64. The van der Waals surface area contributed by atoms with Gasteiger partial charge in [-0.25, -0.2) is 14.9 Å². The summed E-state index contributed by atoms with van der Waals surface area (Å²) in [5.74, 6) is 0. The molecule has 7 nitrogen and oxygen atoms in total. The van der Waals surface area contributed by atoms with Crippen LogP contribution < -0.4 is 16.3 Å². The lowest BCUT2D eigenvalue weighted by atomic mass is 10.0. The Bertz CT molecular complexity index is 1580. The number of anilines is 1. The maximum absolute atomic E-state index is 13.8.